The number of benzene rings is 3. The van der Waals surface area contributed by atoms with Crippen LogP contribution in [0.1, 0.15) is 5.56 Å². The van der Waals surface area contributed by atoms with Gasteiger partial charge in [-0.2, -0.15) is 5.10 Å². The molecule has 0 bridgehead atoms. The van der Waals surface area contributed by atoms with E-state index < -0.39 is 0 Å². The average Bonchev–Trinajstić information content (AvgIpc) is 3.50. The SMILES string of the molecule is COc1ccc(-c2csc(N(/N=C\c3ccc4c(c3)OCO4)c3ccccc3)n2)cc1. The first kappa shape index (κ1) is 19.1. The molecule has 4 aromatic rings. The van der Waals surface area contributed by atoms with Crippen LogP contribution in [-0.2, 0) is 0 Å². The fraction of sp³-hybridized carbons (Fsp3) is 0.0833. The van der Waals surface area contributed by atoms with E-state index in [1.165, 1.54) is 11.3 Å². The molecule has 6 nitrogen and oxygen atoms in total. The molecule has 0 aliphatic carbocycles. The van der Waals surface area contributed by atoms with Crippen molar-refractivity contribution >= 4 is 28.4 Å². The minimum Gasteiger partial charge on any atom is -0.497 e. The third-order valence-electron chi connectivity index (χ3n) is 4.78. The molecule has 0 saturated heterocycles. The molecule has 2 heterocycles. The van der Waals surface area contributed by atoms with Gasteiger partial charge in [0.2, 0.25) is 11.9 Å². The molecule has 0 amide bonds. The number of ether oxygens (including phenoxy) is 3. The molecule has 7 heteroatoms. The van der Waals surface area contributed by atoms with Crippen molar-refractivity contribution in [2.75, 3.05) is 18.9 Å². The maximum absolute atomic E-state index is 5.47. The van der Waals surface area contributed by atoms with Crippen LogP contribution >= 0.6 is 11.3 Å². The van der Waals surface area contributed by atoms with E-state index in [1.54, 1.807) is 13.3 Å². The van der Waals surface area contributed by atoms with Crippen molar-refractivity contribution in [1.29, 1.82) is 0 Å². The molecule has 1 aromatic heterocycles. The summed E-state index contributed by atoms with van der Waals surface area (Å²) in [7, 11) is 1.66. The summed E-state index contributed by atoms with van der Waals surface area (Å²) in [4.78, 5) is 4.83. The lowest BCUT2D eigenvalue weighted by Crippen LogP contribution is -2.09. The molecule has 1 aliphatic rings. The number of aromatic nitrogens is 1. The molecule has 0 radical (unpaired) electrons. The highest BCUT2D eigenvalue weighted by Gasteiger charge is 2.15. The third kappa shape index (κ3) is 4.08. The van der Waals surface area contributed by atoms with Gasteiger partial charge in [0.1, 0.15) is 5.75 Å². The van der Waals surface area contributed by atoms with Crippen LogP contribution in [0.15, 0.2) is 83.3 Å². The van der Waals surface area contributed by atoms with Crippen molar-refractivity contribution < 1.29 is 14.2 Å². The van der Waals surface area contributed by atoms with E-state index in [0.29, 0.717) is 0 Å². The summed E-state index contributed by atoms with van der Waals surface area (Å²) in [5, 5.41) is 9.37. The number of hydrazone groups is 1. The topological polar surface area (TPSA) is 56.2 Å². The summed E-state index contributed by atoms with van der Waals surface area (Å²) in [6, 6.07) is 23.6. The Labute approximate surface area is 184 Å². The summed E-state index contributed by atoms with van der Waals surface area (Å²) in [5.74, 6) is 2.30. The van der Waals surface area contributed by atoms with E-state index in [4.69, 9.17) is 24.3 Å². The van der Waals surface area contributed by atoms with Crippen LogP contribution in [-0.4, -0.2) is 25.1 Å². The first-order valence-electron chi connectivity index (χ1n) is 9.69. The van der Waals surface area contributed by atoms with Crippen molar-refractivity contribution in [3.8, 4) is 28.5 Å². The molecule has 31 heavy (non-hydrogen) atoms. The number of nitrogens with zero attached hydrogens (tertiary/aromatic N) is 3. The minimum absolute atomic E-state index is 0.249. The van der Waals surface area contributed by atoms with E-state index in [-0.39, 0.29) is 6.79 Å². The van der Waals surface area contributed by atoms with Crippen molar-refractivity contribution in [2.45, 2.75) is 0 Å². The Kier molecular flexibility index (Phi) is 5.24. The zero-order valence-corrected chi connectivity index (χ0v) is 17.6. The van der Waals surface area contributed by atoms with E-state index in [9.17, 15) is 0 Å². The standard InChI is InChI=1S/C24H19N3O3S/c1-28-20-10-8-18(9-11-20)21-15-31-24(26-21)27(19-5-3-2-4-6-19)25-14-17-7-12-22-23(13-17)30-16-29-22/h2-15H,16H2,1H3/b25-14-. The molecule has 5 rings (SSSR count). The number of thiazole rings is 1. The van der Waals surface area contributed by atoms with Crippen LogP contribution in [0, 0.1) is 0 Å². The van der Waals surface area contributed by atoms with Gasteiger partial charge in [0.15, 0.2) is 11.5 Å². The number of anilines is 2. The van der Waals surface area contributed by atoms with Crippen LogP contribution in [0.2, 0.25) is 0 Å². The van der Waals surface area contributed by atoms with E-state index in [1.807, 2.05) is 83.2 Å². The van der Waals surface area contributed by atoms with Gasteiger partial charge in [-0.1, -0.05) is 18.2 Å². The Morgan fingerprint density at radius 1 is 1.00 bits per heavy atom. The van der Waals surface area contributed by atoms with Crippen LogP contribution in [0.3, 0.4) is 0 Å². The van der Waals surface area contributed by atoms with Gasteiger partial charge in [0.25, 0.3) is 0 Å². The van der Waals surface area contributed by atoms with Gasteiger partial charge < -0.3 is 14.2 Å². The molecule has 0 spiro atoms. The van der Waals surface area contributed by atoms with E-state index >= 15 is 0 Å². The Balaban J connectivity index is 1.46. The molecule has 3 aromatic carbocycles. The second-order valence-electron chi connectivity index (χ2n) is 6.75. The maximum Gasteiger partial charge on any atom is 0.231 e. The molecule has 0 atom stereocenters. The molecule has 1 aliphatic heterocycles. The second kappa shape index (κ2) is 8.49. The lowest BCUT2D eigenvalue weighted by Gasteiger charge is -2.15. The number of para-hydroxylation sites is 1. The predicted molar refractivity (Wildman–Crippen MR) is 123 cm³/mol. The molecule has 0 unspecified atom stereocenters. The highest BCUT2D eigenvalue weighted by molar-refractivity contribution is 7.14. The zero-order valence-electron chi connectivity index (χ0n) is 16.8. The number of fused-ring (bicyclic) bond motifs is 1. The highest BCUT2D eigenvalue weighted by Crippen LogP contribution is 2.34. The number of hydrogen-bond donors (Lipinski definition) is 0. The summed E-state index contributed by atoms with van der Waals surface area (Å²) >= 11 is 1.54. The van der Waals surface area contributed by atoms with Crippen molar-refractivity contribution in [3.05, 3.63) is 83.7 Å². The third-order valence-corrected chi connectivity index (χ3v) is 5.59. The Bertz CT molecular complexity index is 1210. The molecule has 0 saturated carbocycles. The van der Waals surface area contributed by atoms with Crippen molar-refractivity contribution in [2.24, 2.45) is 5.10 Å². The van der Waals surface area contributed by atoms with Gasteiger partial charge in [-0.15, -0.1) is 11.3 Å². The van der Waals surface area contributed by atoms with Gasteiger partial charge in [0.05, 0.1) is 24.7 Å². The Hall–Kier alpha value is -3.84. The quantitative estimate of drug-likeness (QED) is 0.290. The van der Waals surface area contributed by atoms with Gasteiger partial charge >= 0.3 is 0 Å². The molecule has 154 valence electrons. The Morgan fingerprint density at radius 3 is 2.61 bits per heavy atom. The molecule has 0 fully saturated rings. The largest absolute Gasteiger partial charge is 0.497 e. The van der Waals surface area contributed by atoms with Crippen LogP contribution in [0.5, 0.6) is 17.2 Å². The summed E-state index contributed by atoms with van der Waals surface area (Å²) in [6.07, 6.45) is 1.80. The second-order valence-corrected chi connectivity index (χ2v) is 7.58. The molecule has 0 N–H and O–H groups in total. The van der Waals surface area contributed by atoms with Gasteiger partial charge in [-0.05, 0) is 60.2 Å². The van der Waals surface area contributed by atoms with Crippen LogP contribution in [0.25, 0.3) is 11.3 Å². The minimum atomic E-state index is 0.249. The fourth-order valence-electron chi connectivity index (χ4n) is 3.17. The first-order valence-corrected chi connectivity index (χ1v) is 10.6. The number of hydrogen-bond acceptors (Lipinski definition) is 7. The van der Waals surface area contributed by atoms with Crippen LogP contribution in [0.4, 0.5) is 10.8 Å². The smallest absolute Gasteiger partial charge is 0.231 e. The molecular weight excluding hydrogens is 410 g/mol. The lowest BCUT2D eigenvalue weighted by molar-refractivity contribution is 0.174. The summed E-state index contributed by atoms with van der Waals surface area (Å²) in [6.45, 7) is 0.249. The van der Waals surface area contributed by atoms with Gasteiger partial charge in [-0.25, -0.2) is 9.99 Å². The van der Waals surface area contributed by atoms with Gasteiger partial charge in [-0.3, -0.25) is 0 Å². The van der Waals surface area contributed by atoms with E-state index in [2.05, 4.69) is 0 Å². The summed E-state index contributed by atoms with van der Waals surface area (Å²) in [5.41, 5.74) is 3.75. The van der Waals surface area contributed by atoms with Gasteiger partial charge in [0, 0.05) is 10.9 Å². The van der Waals surface area contributed by atoms with Crippen molar-refractivity contribution in [3.63, 3.8) is 0 Å². The normalized spacial score (nSPS) is 12.3. The Morgan fingerprint density at radius 2 is 1.81 bits per heavy atom. The fourth-order valence-corrected chi connectivity index (χ4v) is 3.98. The average molecular weight is 430 g/mol. The summed E-state index contributed by atoms with van der Waals surface area (Å²) < 4.78 is 16.1. The van der Waals surface area contributed by atoms with Crippen molar-refractivity contribution in [1.82, 2.24) is 4.98 Å². The van der Waals surface area contributed by atoms with E-state index in [0.717, 1.165) is 44.9 Å². The first-order chi connectivity index (χ1) is 15.3. The maximum atomic E-state index is 5.47. The van der Waals surface area contributed by atoms with Crippen LogP contribution < -0.4 is 19.2 Å². The zero-order chi connectivity index (χ0) is 21.0. The highest BCUT2D eigenvalue weighted by atomic mass is 32.1. The number of rotatable bonds is 6. The monoisotopic (exact) mass is 429 g/mol. The lowest BCUT2D eigenvalue weighted by atomic mass is 10.2. The predicted octanol–water partition coefficient (Wildman–Crippen LogP) is 5.72. The molecular formula is C24H19N3O3S. The number of methoxy groups -OCH3 is 1.